The number of nitrogens with one attached hydrogen (secondary N) is 1. The normalized spacial score (nSPS) is 14.8. The molecule has 1 aliphatic heterocycles. The summed E-state index contributed by atoms with van der Waals surface area (Å²) in [6.07, 6.45) is 0.532. The number of hydrogen-bond acceptors (Lipinski definition) is 5. The average molecular weight is 411 g/mol. The molecule has 1 fully saturated rings. The van der Waals surface area contributed by atoms with Gasteiger partial charge in [-0.3, -0.25) is 15.0 Å². The Balaban J connectivity index is 1.92. The van der Waals surface area contributed by atoms with E-state index < -0.39 is 0 Å². The first-order valence-electron chi connectivity index (χ1n) is 7.58. The van der Waals surface area contributed by atoms with E-state index in [0.29, 0.717) is 22.8 Å². The lowest BCUT2D eigenvalue weighted by Crippen LogP contribution is -2.52. The number of benzene rings is 1. The van der Waals surface area contributed by atoms with Gasteiger partial charge >= 0.3 is 0 Å². The number of ether oxygens (including phenoxy) is 1. The maximum atomic E-state index is 12.5. The van der Waals surface area contributed by atoms with Crippen molar-refractivity contribution < 1.29 is 9.53 Å². The van der Waals surface area contributed by atoms with Gasteiger partial charge in [-0.2, -0.15) is 5.26 Å². The Morgan fingerprint density at radius 2 is 2.12 bits per heavy atom. The van der Waals surface area contributed by atoms with E-state index in [1.54, 1.807) is 12.1 Å². The maximum Gasteiger partial charge on any atom is 0.261 e. The molecule has 1 aliphatic rings. The smallest absolute Gasteiger partial charge is 0.261 e. The van der Waals surface area contributed by atoms with E-state index in [9.17, 15) is 4.79 Å². The van der Waals surface area contributed by atoms with Gasteiger partial charge in [0.15, 0.2) is 5.11 Å². The van der Waals surface area contributed by atoms with Gasteiger partial charge in [0, 0.05) is 43.6 Å². The summed E-state index contributed by atoms with van der Waals surface area (Å²) in [5.41, 5.74) is 0.432. The lowest BCUT2D eigenvalue weighted by molar-refractivity contribution is 0.0966. The summed E-state index contributed by atoms with van der Waals surface area (Å²) in [7, 11) is 1.53. The molecule has 0 aliphatic carbocycles. The highest BCUT2D eigenvalue weighted by Crippen LogP contribution is 2.22. The molecule has 0 unspecified atom stereocenters. The van der Waals surface area contributed by atoms with Gasteiger partial charge in [0.1, 0.15) is 5.75 Å². The van der Waals surface area contributed by atoms with Crippen molar-refractivity contribution in [2.45, 2.75) is 6.42 Å². The van der Waals surface area contributed by atoms with Gasteiger partial charge in [0.25, 0.3) is 5.91 Å². The third-order valence-corrected chi connectivity index (χ3v) is 4.68. The molecule has 128 valence electrons. The summed E-state index contributed by atoms with van der Waals surface area (Å²) in [4.78, 5) is 16.7. The summed E-state index contributed by atoms with van der Waals surface area (Å²) < 4.78 is 6.03. The highest BCUT2D eigenvalue weighted by molar-refractivity contribution is 9.10. The number of carbonyl (C=O) groups excluding carboxylic acids is 1. The minimum Gasteiger partial charge on any atom is -0.496 e. The van der Waals surface area contributed by atoms with E-state index in [0.717, 1.165) is 37.2 Å². The first-order chi connectivity index (χ1) is 11.5. The number of hydrogen-bond donors (Lipinski definition) is 1. The molecule has 1 amide bonds. The monoisotopic (exact) mass is 410 g/mol. The minimum atomic E-state index is -0.287. The molecule has 0 saturated carbocycles. The van der Waals surface area contributed by atoms with E-state index in [1.165, 1.54) is 7.11 Å². The molecule has 6 nitrogen and oxygen atoms in total. The van der Waals surface area contributed by atoms with Crippen LogP contribution in [0.3, 0.4) is 0 Å². The second kappa shape index (κ2) is 8.97. The Hall–Kier alpha value is -1.69. The molecular formula is C16H19BrN4O2S. The fourth-order valence-electron chi connectivity index (χ4n) is 2.48. The van der Waals surface area contributed by atoms with Gasteiger partial charge in [-0.1, -0.05) is 15.9 Å². The molecule has 0 spiro atoms. The van der Waals surface area contributed by atoms with Crippen LogP contribution < -0.4 is 10.1 Å². The van der Waals surface area contributed by atoms with Gasteiger partial charge in [-0.15, -0.1) is 0 Å². The van der Waals surface area contributed by atoms with Crippen molar-refractivity contribution in [1.29, 1.82) is 5.26 Å². The molecule has 1 aromatic rings. The van der Waals surface area contributed by atoms with E-state index in [-0.39, 0.29) is 5.91 Å². The summed E-state index contributed by atoms with van der Waals surface area (Å²) in [5.74, 6) is 0.213. The fraction of sp³-hybridized carbons (Fsp3) is 0.438. The van der Waals surface area contributed by atoms with E-state index in [2.05, 4.69) is 32.2 Å². The van der Waals surface area contributed by atoms with Crippen LogP contribution in [-0.2, 0) is 0 Å². The van der Waals surface area contributed by atoms with Crippen LogP contribution in [0, 0.1) is 11.3 Å². The highest BCUT2D eigenvalue weighted by Gasteiger charge is 2.21. The van der Waals surface area contributed by atoms with Crippen LogP contribution in [0.15, 0.2) is 22.7 Å². The van der Waals surface area contributed by atoms with Crippen molar-refractivity contribution in [2.24, 2.45) is 0 Å². The molecule has 0 atom stereocenters. The summed E-state index contributed by atoms with van der Waals surface area (Å²) >= 11 is 8.72. The van der Waals surface area contributed by atoms with E-state index in [1.807, 2.05) is 11.0 Å². The Morgan fingerprint density at radius 1 is 1.42 bits per heavy atom. The minimum absolute atomic E-state index is 0.287. The summed E-state index contributed by atoms with van der Waals surface area (Å²) in [5, 5.41) is 11.8. The lowest BCUT2D eigenvalue weighted by Gasteiger charge is -2.35. The number of nitrogens with zero attached hydrogens (tertiary/aromatic N) is 3. The highest BCUT2D eigenvalue weighted by atomic mass is 79.9. The van der Waals surface area contributed by atoms with Crippen LogP contribution in [0.5, 0.6) is 5.75 Å². The predicted molar refractivity (Wildman–Crippen MR) is 99.0 cm³/mol. The van der Waals surface area contributed by atoms with Crippen LogP contribution in [0.1, 0.15) is 16.8 Å². The van der Waals surface area contributed by atoms with Crippen LogP contribution in [0.2, 0.25) is 0 Å². The number of nitriles is 1. The van der Waals surface area contributed by atoms with Crippen LogP contribution in [-0.4, -0.2) is 60.7 Å². The zero-order chi connectivity index (χ0) is 17.5. The molecular weight excluding hydrogens is 392 g/mol. The molecule has 2 rings (SSSR count). The van der Waals surface area contributed by atoms with Crippen molar-refractivity contribution in [2.75, 3.05) is 39.8 Å². The zero-order valence-corrected chi connectivity index (χ0v) is 15.8. The number of rotatable bonds is 4. The lowest BCUT2D eigenvalue weighted by atomic mass is 10.2. The largest absolute Gasteiger partial charge is 0.496 e. The van der Waals surface area contributed by atoms with Crippen molar-refractivity contribution >= 4 is 39.2 Å². The van der Waals surface area contributed by atoms with Gasteiger partial charge in [-0.25, -0.2) is 0 Å². The molecule has 0 bridgehead atoms. The SMILES string of the molecule is COc1ccc(Br)cc1C(=O)NC(=S)N1CCN(CCC#N)CC1. The number of amides is 1. The van der Waals surface area contributed by atoms with Gasteiger partial charge < -0.3 is 9.64 Å². The van der Waals surface area contributed by atoms with Crippen molar-refractivity contribution in [3.05, 3.63) is 28.2 Å². The molecule has 0 radical (unpaired) electrons. The van der Waals surface area contributed by atoms with Crippen LogP contribution in [0.25, 0.3) is 0 Å². The number of methoxy groups -OCH3 is 1. The van der Waals surface area contributed by atoms with Crippen LogP contribution in [0.4, 0.5) is 0 Å². The molecule has 24 heavy (non-hydrogen) atoms. The topological polar surface area (TPSA) is 68.6 Å². The quantitative estimate of drug-likeness (QED) is 0.765. The van der Waals surface area contributed by atoms with Crippen LogP contribution >= 0.6 is 28.1 Å². The Morgan fingerprint density at radius 3 is 2.75 bits per heavy atom. The molecule has 0 aromatic heterocycles. The molecule has 1 N–H and O–H groups in total. The number of halogens is 1. The Kier molecular flexibility index (Phi) is 6.97. The molecule has 1 saturated heterocycles. The maximum absolute atomic E-state index is 12.5. The first-order valence-corrected chi connectivity index (χ1v) is 8.78. The first kappa shape index (κ1) is 18.6. The van der Waals surface area contributed by atoms with E-state index in [4.69, 9.17) is 22.2 Å². The van der Waals surface area contributed by atoms with Gasteiger partial charge in [0.05, 0.1) is 18.7 Å². The third kappa shape index (κ3) is 4.90. The van der Waals surface area contributed by atoms with Crippen molar-refractivity contribution in [3.63, 3.8) is 0 Å². The zero-order valence-electron chi connectivity index (χ0n) is 13.4. The second-order valence-corrected chi connectivity index (χ2v) is 6.64. The Labute approximate surface area is 155 Å². The molecule has 8 heteroatoms. The van der Waals surface area contributed by atoms with Gasteiger partial charge in [-0.05, 0) is 30.4 Å². The fourth-order valence-corrected chi connectivity index (χ4v) is 3.12. The standard InChI is InChI=1S/C16H19BrN4O2S/c1-23-14-4-3-12(17)11-13(14)15(22)19-16(24)21-9-7-20(8-10-21)6-2-5-18/h3-4,11H,2,6-10H2,1H3,(H,19,22,24). The number of piperazine rings is 1. The second-order valence-electron chi connectivity index (χ2n) is 5.34. The molecule has 1 heterocycles. The average Bonchev–Trinajstić information content (AvgIpc) is 2.60. The summed E-state index contributed by atoms with van der Waals surface area (Å²) in [6, 6.07) is 7.41. The summed E-state index contributed by atoms with van der Waals surface area (Å²) in [6.45, 7) is 3.91. The van der Waals surface area contributed by atoms with Crippen molar-refractivity contribution in [3.8, 4) is 11.8 Å². The van der Waals surface area contributed by atoms with E-state index >= 15 is 0 Å². The van der Waals surface area contributed by atoms with Crippen molar-refractivity contribution in [1.82, 2.24) is 15.1 Å². The predicted octanol–water partition coefficient (Wildman–Crippen LogP) is 2.00. The number of carbonyl (C=O) groups is 1. The molecule has 1 aromatic carbocycles. The third-order valence-electron chi connectivity index (χ3n) is 3.83. The van der Waals surface area contributed by atoms with Gasteiger partial charge in [0.2, 0.25) is 0 Å². The Bertz CT molecular complexity index is 654. The number of thiocarbonyl (C=S) groups is 1.